The van der Waals surface area contributed by atoms with E-state index in [1.54, 1.807) is 12.1 Å². The second kappa shape index (κ2) is 16.4. The number of para-hydroxylation sites is 1. The molecule has 0 aliphatic rings. The minimum Gasteiger partial charge on any atom is -0.456 e. The normalized spacial score (nSPS) is 12.8. The van der Waals surface area contributed by atoms with Gasteiger partial charge in [-0.15, -0.1) is 0 Å². The van der Waals surface area contributed by atoms with Gasteiger partial charge in [0.05, 0.1) is 8.22 Å². The van der Waals surface area contributed by atoms with E-state index in [1.807, 2.05) is 152 Å². The monoisotopic (exact) mass is 875 g/mol. The van der Waals surface area contributed by atoms with Crippen molar-refractivity contribution in [3.63, 3.8) is 0 Å². The molecule has 0 spiro atoms. The summed E-state index contributed by atoms with van der Waals surface area (Å²) in [5.74, 6) is 0.532. The number of benzene rings is 10. The van der Waals surface area contributed by atoms with Crippen LogP contribution >= 0.6 is 0 Å². The Morgan fingerprint density at radius 3 is 1.41 bits per heavy atom. The van der Waals surface area contributed by atoms with Gasteiger partial charge in [0.2, 0.25) is 0 Å². The molecule has 0 aliphatic heterocycles. The molecule has 0 aliphatic carbocycles. The Kier molecular flexibility index (Phi) is 8.01. The zero-order chi connectivity index (χ0) is 50.2. The number of aromatic nitrogens is 3. The summed E-state index contributed by atoms with van der Waals surface area (Å²) >= 11 is 0. The summed E-state index contributed by atoms with van der Waals surface area (Å²) in [5.41, 5.74) is 10.9. The molecule has 3 aromatic heterocycles. The van der Waals surface area contributed by atoms with Crippen LogP contribution in [0, 0.1) is 0 Å². The molecule has 0 amide bonds. The molecule has 0 unspecified atom stereocenters. The summed E-state index contributed by atoms with van der Waals surface area (Å²) in [6.07, 6.45) is 0. The molecule has 68 heavy (non-hydrogen) atoms. The van der Waals surface area contributed by atoms with Crippen LogP contribution in [-0.2, 0) is 0 Å². The van der Waals surface area contributed by atoms with E-state index in [1.165, 1.54) is 0 Å². The Hall–Kier alpha value is -9.19. The third-order valence-corrected chi connectivity index (χ3v) is 12.4. The first-order chi connectivity index (χ1) is 36.2. The molecule has 0 atom stereocenters. The fourth-order valence-electron chi connectivity index (χ4n) is 8.95. The van der Waals surface area contributed by atoms with Gasteiger partial charge in [-0.1, -0.05) is 170 Å². The van der Waals surface area contributed by atoms with Crippen molar-refractivity contribution in [1.82, 2.24) is 15.0 Å². The molecule has 0 saturated carbocycles. The smallest absolute Gasteiger partial charge is 0.164 e. The van der Waals surface area contributed by atoms with Gasteiger partial charge < -0.3 is 8.83 Å². The number of hydrogen-bond acceptors (Lipinski definition) is 5. The summed E-state index contributed by atoms with van der Waals surface area (Å²) in [5, 5.41) is 1.89. The lowest BCUT2D eigenvalue weighted by molar-refractivity contribution is 0.669. The Labute approximate surface area is 400 Å². The predicted octanol–water partition coefficient (Wildman–Crippen LogP) is 17.0. The lowest BCUT2D eigenvalue weighted by Gasteiger charge is -2.13. The van der Waals surface area contributed by atoms with Crippen molar-refractivity contribution in [1.29, 1.82) is 0 Å². The summed E-state index contributed by atoms with van der Waals surface area (Å²) < 4.78 is 69.4. The Bertz CT molecular complexity index is 4310. The van der Waals surface area contributed by atoms with Gasteiger partial charge in [0.25, 0.3) is 0 Å². The zero-order valence-electron chi connectivity index (χ0n) is 42.2. The van der Waals surface area contributed by atoms with Crippen LogP contribution in [0.15, 0.2) is 245 Å². The van der Waals surface area contributed by atoms with Crippen molar-refractivity contribution >= 4 is 43.9 Å². The molecule has 0 radical (unpaired) electrons. The standard InChI is InChI=1S/C63H39N3O2/c1-4-13-40(14-5-1)45-19-12-20-46(33-45)43-23-25-44(26-24-43)61-64-62(66-63(65-61)52-35-50(41-15-6-2-7-16-41)34-51(36-52)42-17-8-3-9-18-42)49-28-31-55-56-37-47(29-32-58(56)68-60(55)39-49)48-27-30-54-53-21-10-11-22-57(53)67-59(54)38-48/h1-39H/i28D,29D,31D,32D,37D,39D. The average molecular weight is 876 g/mol. The topological polar surface area (TPSA) is 65.0 Å². The van der Waals surface area contributed by atoms with E-state index in [9.17, 15) is 8.22 Å². The van der Waals surface area contributed by atoms with Gasteiger partial charge in [-0.3, -0.25) is 0 Å². The highest BCUT2D eigenvalue weighted by Crippen LogP contribution is 2.39. The SMILES string of the molecule is [2H]c1c(-c2ccc3c(c2)oc2ccccc23)c([2H])c2c(oc3c([2H])c(-c4nc(-c5ccc(-c6cccc(-c7ccccc7)c6)cc5)nc(-c5cc(-c6ccccc6)cc(-c6ccccc6)c5)n4)c([2H])c([2H])c32)c1[2H]. The Morgan fingerprint density at radius 1 is 0.250 bits per heavy atom. The van der Waals surface area contributed by atoms with Crippen molar-refractivity contribution in [2.24, 2.45) is 0 Å². The quantitative estimate of drug-likeness (QED) is 0.152. The highest BCUT2D eigenvalue weighted by Gasteiger charge is 2.18. The molecular weight excluding hydrogens is 831 g/mol. The Balaban J connectivity index is 0.997. The van der Waals surface area contributed by atoms with Crippen molar-refractivity contribution in [2.75, 3.05) is 0 Å². The highest BCUT2D eigenvalue weighted by molar-refractivity contribution is 6.09. The number of hydrogen-bond donors (Lipinski definition) is 0. The summed E-state index contributed by atoms with van der Waals surface area (Å²) in [6, 6.07) is 64.1. The fourth-order valence-corrected chi connectivity index (χ4v) is 8.95. The fraction of sp³-hybridized carbons (Fsp3) is 0. The molecule has 5 nitrogen and oxygen atoms in total. The van der Waals surface area contributed by atoms with Crippen LogP contribution in [0.4, 0.5) is 0 Å². The third kappa shape index (κ3) is 7.20. The first kappa shape index (κ1) is 33.3. The minimum atomic E-state index is -0.365. The van der Waals surface area contributed by atoms with E-state index in [0.29, 0.717) is 27.9 Å². The maximum atomic E-state index is 9.77. The molecular formula is C63H39N3O2. The second-order valence-corrected chi connectivity index (χ2v) is 16.7. The van der Waals surface area contributed by atoms with Crippen LogP contribution in [-0.4, -0.2) is 15.0 Å². The zero-order valence-corrected chi connectivity index (χ0v) is 36.2. The van der Waals surface area contributed by atoms with E-state index in [-0.39, 0.29) is 86.8 Å². The van der Waals surface area contributed by atoms with Crippen LogP contribution < -0.4 is 0 Å². The molecule has 0 bridgehead atoms. The highest BCUT2D eigenvalue weighted by atomic mass is 16.3. The number of fused-ring (bicyclic) bond motifs is 6. The number of rotatable bonds is 8. The van der Waals surface area contributed by atoms with E-state index in [4.69, 9.17) is 23.8 Å². The van der Waals surface area contributed by atoms with E-state index in [0.717, 1.165) is 55.3 Å². The van der Waals surface area contributed by atoms with Crippen molar-refractivity contribution < 1.29 is 17.1 Å². The second-order valence-electron chi connectivity index (χ2n) is 16.7. The van der Waals surface area contributed by atoms with Crippen LogP contribution in [0.2, 0.25) is 0 Å². The average Bonchev–Trinajstić information content (AvgIpc) is 4.08. The molecule has 5 heteroatoms. The molecule has 13 aromatic rings. The van der Waals surface area contributed by atoms with E-state index in [2.05, 4.69) is 36.4 Å². The number of nitrogens with zero attached hydrogens (tertiary/aromatic N) is 3. The lowest BCUT2D eigenvalue weighted by atomic mass is 9.96. The predicted molar refractivity (Wildman–Crippen MR) is 278 cm³/mol. The van der Waals surface area contributed by atoms with Crippen molar-refractivity contribution in [3.8, 4) is 89.8 Å². The van der Waals surface area contributed by atoms with Crippen LogP contribution in [0.25, 0.3) is 134 Å². The van der Waals surface area contributed by atoms with E-state index < -0.39 is 0 Å². The first-order valence-electron chi connectivity index (χ1n) is 25.3. The first-order valence-corrected chi connectivity index (χ1v) is 22.3. The molecule has 0 saturated heterocycles. The summed E-state index contributed by atoms with van der Waals surface area (Å²) in [7, 11) is 0. The summed E-state index contributed by atoms with van der Waals surface area (Å²) in [6.45, 7) is 0. The van der Waals surface area contributed by atoms with Gasteiger partial charge in [-0.05, 0) is 122 Å². The van der Waals surface area contributed by atoms with Gasteiger partial charge >= 0.3 is 0 Å². The molecule has 318 valence electrons. The van der Waals surface area contributed by atoms with Crippen molar-refractivity contribution in [3.05, 3.63) is 236 Å². The largest absolute Gasteiger partial charge is 0.456 e. The third-order valence-electron chi connectivity index (χ3n) is 12.4. The molecule has 0 N–H and O–H groups in total. The lowest BCUT2D eigenvalue weighted by Crippen LogP contribution is -2.00. The maximum absolute atomic E-state index is 9.77. The van der Waals surface area contributed by atoms with Gasteiger partial charge in [0.15, 0.2) is 17.5 Å². The minimum absolute atomic E-state index is 0.0211. The van der Waals surface area contributed by atoms with E-state index >= 15 is 0 Å². The van der Waals surface area contributed by atoms with Gasteiger partial charge in [-0.25, -0.2) is 15.0 Å². The number of furan rings is 2. The molecule has 13 rings (SSSR count). The van der Waals surface area contributed by atoms with Crippen LogP contribution in [0.5, 0.6) is 0 Å². The maximum Gasteiger partial charge on any atom is 0.164 e. The van der Waals surface area contributed by atoms with Gasteiger partial charge in [0, 0.05) is 38.2 Å². The molecule has 10 aromatic carbocycles. The summed E-state index contributed by atoms with van der Waals surface area (Å²) in [4.78, 5) is 15.1. The van der Waals surface area contributed by atoms with Crippen LogP contribution in [0.1, 0.15) is 8.22 Å². The van der Waals surface area contributed by atoms with Gasteiger partial charge in [-0.2, -0.15) is 0 Å². The van der Waals surface area contributed by atoms with Gasteiger partial charge in [0.1, 0.15) is 22.3 Å². The Morgan fingerprint density at radius 2 is 0.721 bits per heavy atom. The van der Waals surface area contributed by atoms with Crippen molar-refractivity contribution in [2.45, 2.75) is 0 Å². The van der Waals surface area contributed by atoms with Crippen LogP contribution in [0.3, 0.4) is 0 Å². The molecule has 3 heterocycles. The molecule has 0 fully saturated rings.